The lowest BCUT2D eigenvalue weighted by molar-refractivity contribution is -0.137. The first kappa shape index (κ1) is 20.9. The minimum Gasteiger partial charge on any atom is -0.388 e. The first-order valence-electron chi connectivity index (χ1n) is 9.17. The second-order valence-corrected chi connectivity index (χ2v) is 7.25. The summed E-state index contributed by atoms with van der Waals surface area (Å²) in [5.74, 6) is -0.119. The third-order valence-electron chi connectivity index (χ3n) is 4.78. The third kappa shape index (κ3) is 5.29. The van der Waals surface area contributed by atoms with Crippen molar-refractivity contribution < 1.29 is 29.3 Å². The van der Waals surface area contributed by atoms with Gasteiger partial charge in [-0.2, -0.15) is 0 Å². The van der Waals surface area contributed by atoms with Gasteiger partial charge in [0.25, 0.3) is 0 Å². The summed E-state index contributed by atoms with van der Waals surface area (Å²) in [6.07, 6.45) is -2.05. The smallest absolute Gasteiger partial charge is 0.315 e. The molecule has 26 heavy (non-hydrogen) atoms. The molecule has 0 radical (unpaired) electrons. The number of amides is 3. The van der Waals surface area contributed by atoms with Crippen LogP contribution in [0, 0.1) is 0 Å². The maximum Gasteiger partial charge on any atom is 0.315 e. The van der Waals surface area contributed by atoms with Crippen LogP contribution in [-0.2, 0) is 14.3 Å². The lowest BCUT2D eigenvalue weighted by Crippen LogP contribution is -2.45. The van der Waals surface area contributed by atoms with E-state index in [4.69, 9.17) is 9.47 Å². The van der Waals surface area contributed by atoms with Gasteiger partial charge in [-0.1, -0.05) is 0 Å². The van der Waals surface area contributed by atoms with Crippen molar-refractivity contribution in [1.29, 1.82) is 0 Å². The average molecular weight is 373 g/mol. The Bertz CT molecular complexity index is 489. The van der Waals surface area contributed by atoms with Gasteiger partial charge in [0.1, 0.15) is 18.3 Å². The zero-order valence-electron chi connectivity index (χ0n) is 15.7. The van der Waals surface area contributed by atoms with E-state index in [0.29, 0.717) is 13.2 Å². The van der Waals surface area contributed by atoms with Crippen molar-refractivity contribution in [3.63, 3.8) is 0 Å². The zero-order valence-corrected chi connectivity index (χ0v) is 15.7. The number of nitrogens with zero attached hydrogens (tertiary/aromatic N) is 1. The monoisotopic (exact) mass is 373 g/mol. The average Bonchev–Trinajstić information content (AvgIpc) is 3.13. The van der Waals surface area contributed by atoms with Gasteiger partial charge in [-0.15, -0.1) is 0 Å². The van der Waals surface area contributed by atoms with Crippen LogP contribution in [0.1, 0.15) is 33.1 Å². The van der Waals surface area contributed by atoms with Gasteiger partial charge in [0.15, 0.2) is 0 Å². The van der Waals surface area contributed by atoms with Crippen LogP contribution >= 0.6 is 0 Å². The lowest BCUT2D eigenvalue weighted by atomic mass is 10.0. The molecule has 2 saturated heterocycles. The molecule has 5 unspecified atom stereocenters. The molecule has 9 nitrogen and oxygen atoms in total. The number of nitrogens with one attached hydrogen (secondary N) is 2. The molecule has 150 valence electrons. The lowest BCUT2D eigenvalue weighted by Gasteiger charge is -2.26. The Morgan fingerprint density at radius 3 is 2.62 bits per heavy atom. The third-order valence-corrected chi connectivity index (χ3v) is 4.78. The van der Waals surface area contributed by atoms with E-state index < -0.39 is 24.4 Å². The summed E-state index contributed by atoms with van der Waals surface area (Å²) in [6, 6.07) is -0.335. The number of hydrogen-bond acceptors (Lipinski definition) is 6. The van der Waals surface area contributed by atoms with Crippen LogP contribution in [0.15, 0.2) is 0 Å². The highest BCUT2D eigenvalue weighted by molar-refractivity contribution is 5.77. The molecule has 0 aromatic carbocycles. The summed E-state index contributed by atoms with van der Waals surface area (Å²) >= 11 is 0. The summed E-state index contributed by atoms with van der Waals surface area (Å²) in [4.78, 5) is 25.9. The highest BCUT2D eigenvalue weighted by atomic mass is 16.5. The number of likely N-dealkylation sites (tertiary alicyclic amines) is 1. The molecule has 2 rings (SSSR count). The molecule has 4 N–H and O–H groups in total. The molecule has 0 aliphatic carbocycles. The molecule has 0 aromatic rings. The summed E-state index contributed by atoms with van der Waals surface area (Å²) in [7, 11) is 1.61. The normalized spacial score (nSPS) is 31.5. The molecule has 3 amide bonds. The number of hydrogen-bond donors (Lipinski definition) is 4. The van der Waals surface area contributed by atoms with Gasteiger partial charge < -0.3 is 35.2 Å². The van der Waals surface area contributed by atoms with Crippen LogP contribution in [-0.4, -0.2) is 90.4 Å². The van der Waals surface area contributed by atoms with Crippen LogP contribution in [0.4, 0.5) is 4.79 Å². The molecular weight excluding hydrogens is 342 g/mol. The molecule has 0 aromatic heterocycles. The van der Waals surface area contributed by atoms with E-state index in [9.17, 15) is 19.8 Å². The van der Waals surface area contributed by atoms with E-state index in [-0.39, 0.29) is 37.0 Å². The molecular formula is C17H31N3O6. The van der Waals surface area contributed by atoms with E-state index in [0.717, 1.165) is 12.8 Å². The first-order valence-corrected chi connectivity index (χ1v) is 9.17. The Morgan fingerprint density at radius 2 is 1.96 bits per heavy atom. The molecule has 0 bridgehead atoms. The number of methoxy groups -OCH3 is 1. The molecule has 2 heterocycles. The van der Waals surface area contributed by atoms with Crippen molar-refractivity contribution in [3.05, 3.63) is 0 Å². The fourth-order valence-electron chi connectivity index (χ4n) is 3.49. The Kier molecular flexibility index (Phi) is 7.63. The standard InChI is InChI=1S/C17H31N3O6/c1-10(2)19-17(24)18-8-13-16(23)15(22)12(26-13)7-14(21)20-6-4-5-11(20)9-25-3/h10-13,15-16,22-23H,4-9H2,1-3H3,(H2,18,19,24). The fraction of sp³-hybridized carbons (Fsp3) is 0.882. The maximum atomic E-state index is 12.6. The summed E-state index contributed by atoms with van der Waals surface area (Å²) in [5, 5.41) is 25.6. The summed E-state index contributed by atoms with van der Waals surface area (Å²) in [6.45, 7) is 4.87. The van der Waals surface area contributed by atoms with Gasteiger partial charge in [0, 0.05) is 26.2 Å². The van der Waals surface area contributed by atoms with Crippen molar-refractivity contribution >= 4 is 11.9 Å². The van der Waals surface area contributed by atoms with Crippen LogP contribution in [0.3, 0.4) is 0 Å². The SMILES string of the molecule is COCC1CCCN1C(=O)CC1OC(CNC(=O)NC(C)C)C(O)C1O. The largest absolute Gasteiger partial charge is 0.388 e. The van der Waals surface area contributed by atoms with Gasteiger partial charge in [0.05, 0.1) is 25.2 Å². The van der Waals surface area contributed by atoms with Gasteiger partial charge in [0.2, 0.25) is 5.91 Å². The minimum atomic E-state index is -1.16. The molecule has 2 aliphatic rings. The van der Waals surface area contributed by atoms with Crippen LogP contribution in [0.25, 0.3) is 0 Å². The Labute approximate surface area is 154 Å². The second kappa shape index (κ2) is 9.50. The highest BCUT2D eigenvalue weighted by Crippen LogP contribution is 2.26. The van der Waals surface area contributed by atoms with Gasteiger partial charge in [-0.3, -0.25) is 4.79 Å². The number of urea groups is 1. The Balaban J connectivity index is 1.84. The summed E-state index contributed by atoms with van der Waals surface area (Å²) in [5.41, 5.74) is 0. The second-order valence-electron chi connectivity index (χ2n) is 7.25. The van der Waals surface area contributed by atoms with Crippen LogP contribution < -0.4 is 10.6 Å². The predicted molar refractivity (Wildman–Crippen MR) is 93.6 cm³/mol. The quantitative estimate of drug-likeness (QED) is 0.464. The van der Waals surface area contributed by atoms with Crippen molar-refractivity contribution in [2.75, 3.05) is 26.8 Å². The van der Waals surface area contributed by atoms with E-state index >= 15 is 0 Å². The summed E-state index contributed by atoms with van der Waals surface area (Å²) < 4.78 is 10.8. The van der Waals surface area contributed by atoms with Crippen LogP contribution in [0.5, 0.6) is 0 Å². The topological polar surface area (TPSA) is 120 Å². The van der Waals surface area contributed by atoms with E-state index in [2.05, 4.69) is 10.6 Å². The zero-order chi connectivity index (χ0) is 19.3. The Morgan fingerprint density at radius 1 is 1.27 bits per heavy atom. The van der Waals surface area contributed by atoms with E-state index in [1.165, 1.54) is 0 Å². The predicted octanol–water partition coefficient (Wildman–Crippen LogP) is -0.789. The molecule has 5 atom stereocenters. The van der Waals surface area contributed by atoms with Gasteiger partial charge in [-0.25, -0.2) is 4.79 Å². The first-order chi connectivity index (χ1) is 12.3. The molecule has 0 saturated carbocycles. The van der Waals surface area contributed by atoms with Crippen molar-refractivity contribution in [3.8, 4) is 0 Å². The Hall–Kier alpha value is -1.42. The molecule has 9 heteroatoms. The number of carbonyl (C=O) groups is 2. The number of aliphatic hydroxyl groups is 2. The van der Waals surface area contributed by atoms with Crippen molar-refractivity contribution in [2.24, 2.45) is 0 Å². The van der Waals surface area contributed by atoms with Crippen LogP contribution in [0.2, 0.25) is 0 Å². The van der Waals surface area contributed by atoms with Crippen molar-refractivity contribution in [1.82, 2.24) is 15.5 Å². The van der Waals surface area contributed by atoms with Gasteiger partial charge >= 0.3 is 6.03 Å². The maximum absolute atomic E-state index is 12.6. The number of ether oxygens (including phenoxy) is 2. The number of carbonyl (C=O) groups excluding carboxylic acids is 2. The minimum absolute atomic E-state index is 0.00681. The van der Waals surface area contributed by atoms with Gasteiger partial charge in [-0.05, 0) is 26.7 Å². The van der Waals surface area contributed by atoms with E-state index in [1.807, 2.05) is 13.8 Å². The molecule has 2 fully saturated rings. The van der Waals surface area contributed by atoms with Crippen molar-refractivity contribution in [2.45, 2.75) is 69.6 Å². The molecule has 2 aliphatic heterocycles. The number of aliphatic hydroxyl groups excluding tert-OH is 2. The fourth-order valence-corrected chi connectivity index (χ4v) is 3.49. The van der Waals surface area contributed by atoms with E-state index in [1.54, 1.807) is 12.0 Å². The molecule has 0 spiro atoms. The number of rotatable bonds is 7. The highest BCUT2D eigenvalue weighted by Gasteiger charge is 2.44.